The van der Waals surface area contributed by atoms with E-state index < -0.39 is 16.1 Å². The molecule has 1 aliphatic rings. The molecule has 5 nitrogen and oxygen atoms in total. The highest BCUT2D eigenvalue weighted by Gasteiger charge is 2.31. The molecular formula is C18H21NO4S. The Bertz CT molecular complexity index is 753. The first kappa shape index (κ1) is 17.1. The normalized spacial score (nSPS) is 19.8. The second-order valence-electron chi connectivity index (χ2n) is 5.81. The van der Waals surface area contributed by atoms with Crippen molar-refractivity contribution in [1.82, 2.24) is 4.72 Å². The summed E-state index contributed by atoms with van der Waals surface area (Å²) < 4.78 is 39.5. The van der Waals surface area contributed by atoms with Crippen molar-refractivity contribution in [3.8, 4) is 0 Å². The fraction of sp³-hybridized carbons (Fsp3) is 0.333. The Balaban J connectivity index is 1.89. The molecule has 2 aromatic carbocycles. The predicted molar refractivity (Wildman–Crippen MR) is 91.2 cm³/mol. The Morgan fingerprint density at radius 3 is 2.38 bits per heavy atom. The molecule has 6 heteroatoms. The highest BCUT2D eigenvalue weighted by molar-refractivity contribution is 7.89. The van der Waals surface area contributed by atoms with Crippen LogP contribution in [-0.2, 0) is 19.5 Å². The molecule has 128 valence electrons. The fourth-order valence-corrected chi connectivity index (χ4v) is 3.92. The first-order valence-corrected chi connectivity index (χ1v) is 9.38. The van der Waals surface area contributed by atoms with Gasteiger partial charge in [-0.3, -0.25) is 0 Å². The second-order valence-corrected chi connectivity index (χ2v) is 7.52. The lowest BCUT2D eigenvalue weighted by Crippen LogP contribution is -2.42. The van der Waals surface area contributed by atoms with Crippen molar-refractivity contribution in [1.29, 1.82) is 0 Å². The lowest BCUT2D eigenvalue weighted by molar-refractivity contribution is -0.0995. The van der Waals surface area contributed by atoms with E-state index in [2.05, 4.69) is 4.72 Å². The van der Waals surface area contributed by atoms with Gasteiger partial charge < -0.3 is 9.47 Å². The summed E-state index contributed by atoms with van der Waals surface area (Å²) in [6, 6.07) is 15.7. The number of sulfonamides is 1. The molecule has 0 radical (unpaired) electrons. The number of aryl methyl sites for hydroxylation is 1. The highest BCUT2D eigenvalue weighted by atomic mass is 32.2. The van der Waals surface area contributed by atoms with Crippen LogP contribution < -0.4 is 4.72 Å². The second kappa shape index (κ2) is 7.44. The van der Waals surface area contributed by atoms with E-state index in [1.54, 1.807) is 24.3 Å². The first-order valence-electron chi connectivity index (χ1n) is 7.89. The Hall–Kier alpha value is -1.73. The smallest absolute Gasteiger partial charge is 0.241 e. The van der Waals surface area contributed by atoms with Gasteiger partial charge in [-0.05, 0) is 24.6 Å². The number of benzene rings is 2. The van der Waals surface area contributed by atoms with Gasteiger partial charge in [0.2, 0.25) is 10.0 Å². The monoisotopic (exact) mass is 347 g/mol. The molecule has 2 atom stereocenters. The van der Waals surface area contributed by atoms with E-state index in [-0.39, 0.29) is 11.0 Å². The van der Waals surface area contributed by atoms with Crippen LogP contribution in [-0.4, -0.2) is 34.3 Å². The maximum atomic E-state index is 12.8. The van der Waals surface area contributed by atoms with Crippen molar-refractivity contribution in [3.05, 3.63) is 65.7 Å². The van der Waals surface area contributed by atoms with Crippen molar-refractivity contribution in [3.63, 3.8) is 0 Å². The van der Waals surface area contributed by atoms with Gasteiger partial charge in [-0.1, -0.05) is 48.0 Å². The third-order valence-electron chi connectivity index (χ3n) is 3.99. The van der Waals surface area contributed by atoms with Crippen LogP contribution in [0.15, 0.2) is 59.5 Å². The molecule has 0 bridgehead atoms. The van der Waals surface area contributed by atoms with E-state index in [0.29, 0.717) is 19.8 Å². The number of rotatable bonds is 5. The van der Waals surface area contributed by atoms with E-state index in [4.69, 9.17) is 9.47 Å². The zero-order valence-electron chi connectivity index (χ0n) is 13.5. The SMILES string of the molecule is Cc1ccc(S(=O)(=O)N[C@@H](c2ccccc2)[C@@H]2COCCO2)cc1. The summed E-state index contributed by atoms with van der Waals surface area (Å²) in [6.07, 6.45) is -0.360. The largest absolute Gasteiger partial charge is 0.376 e. The van der Waals surface area contributed by atoms with Crippen molar-refractivity contribution in [2.75, 3.05) is 19.8 Å². The molecule has 24 heavy (non-hydrogen) atoms. The van der Waals surface area contributed by atoms with E-state index >= 15 is 0 Å². The van der Waals surface area contributed by atoms with Gasteiger partial charge in [0.1, 0.15) is 6.10 Å². The van der Waals surface area contributed by atoms with Crippen molar-refractivity contribution < 1.29 is 17.9 Å². The van der Waals surface area contributed by atoms with Gasteiger partial charge in [0.25, 0.3) is 0 Å². The summed E-state index contributed by atoms with van der Waals surface area (Å²) in [4.78, 5) is 0.241. The third kappa shape index (κ3) is 4.02. The zero-order chi connectivity index (χ0) is 17.0. The van der Waals surface area contributed by atoms with E-state index in [1.165, 1.54) is 0 Å². The van der Waals surface area contributed by atoms with Gasteiger partial charge in [0.15, 0.2) is 0 Å². The van der Waals surface area contributed by atoms with Crippen LogP contribution in [0.3, 0.4) is 0 Å². The number of hydrogen-bond donors (Lipinski definition) is 1. The van der Waals surface area contributed by atoms with Gasteiger partial charge in [-0.2, -0.15) is 0 Å². The lowest BCUT2D eigenvalue weighted by atomic mass is 10.0. The van der Waals surface area contributed by atoms with Gasteiger partial charge in [0.05, 0.1) is 30.8 Å². The minimum absolute atomic E-state index is 0.241. The van der Waals surface area contributed by atoms with E-state index in [9.17, 15) is 8.42 Å². The topological polar surface area (TPSA) is 64.6 Å². The summed E-state index contributed by atoms with van der Waals surface area (Å²) in [5, 5.41) is 0. The Kier molecular flexibility index (Phi) is 5.30. The standard InChI is InChI=1S/C18H21NO4S/c1-14-7-9-16(10-8-14)24(20,21)19-18(15-5-3-2-4-6-15)17-13-22-11-12-23-17/h2-10,17-19H,11-13H2,1H3/t17-,18-/m0/s1. The quantitative estimate of drug-likeness (QED) is 0.902. The fourth-order valence-electron chi connectivity index (χ4n) is 2.67. The number of nitrogens with one attached hydrogen (secondary N) is 1. The van der Waals surface area contributed by atoms with Gasteiger partial charge in [-0.15, -0.1) is 0 Å². The average Bonchev–Trinajstić information content (AvgIpc) is 2.62. The average molecular weight is 347 g/mol. The number of ether oxygens (including phenoxy) is 2. The van der Waals surface area contributed by atoms with Gasteiger partial charge in [-0.25, -0.2) is 13.1 Å². The molecule has 1 N–H and O–H groups in total. The zero-order valence-corrected chi connectivity index (χ0v) is 14.3. The molecule has 0 aliphatic carbocycles. The first-order chi connectivity index (χ1) is 11.6. The summed E-state index contributed by atoms with van der Waals surface area (Å²) in [5.74, 6) is 0. The molecule has 0 unspecified atom stereocenters. The van der Waals surface area contributed by atoms with Crippen molar-refractivity contribution in [2.45, 2.75) is 24.0 Å². The van der Waals surface area contributed by atoms with Gasteiger partial charge in [0, 0.05) is 0 Å². The summed E-state index contributed by atoms with van der Waals surface area (Å²) in [5.41, 5.74) is 1.86. The lowest BCUT2D eigenvalue weighted by Gasteiger charge is -2.31. The maximum absolute atomic E-state index is 12.8. The molecule has 1 heterocycles. The molecule has 1 saturated heterocycles. The molecule has 0 aromatic heterocycles. The maximum Gasteiger partial charge on any atom is 0.241 e. The van der Waals surface area contributed by atoms with Crippen molar-refractivity contribution >= 4 is 10.0 Å². The molecule has 0 amide bonds. The summed E-state index contributed by atoms with van der Waals surface area (Å²) in [6.45, 7) is 3.27. The van der Waals surface area contributed by atoms with Crippen LogP contribution in [0.1, 0.15) is 17.2 Å². The van der Waals surface area contributed by atoms with Gasteiger partial charge >= 0.3 is 0 Å². The predicted octanol–water partition coefficient (Wildman–Crippen LogP) is 2.43. The molecule has 0 saturated carbocycles. The van der Waals surface area contributed by atoms with Crippen LogP contribution in [0.2, 0.25) is 0 Å². The Labute approximate surface area is 142 Å². The van der Waals surface area contributed by atoms with Crippen molar-refractivity contribution in [2.24, 2.45) is 0 Å². The van der Waals surface area contributed by atoms with Crippen LogP contribution in [0.4, 0.5) is 0 Å². The van der Waals surface area contributed by atoms with E-state index in [0.717, 1.165) is 11.1 Å². The minimum atomic E-state index is -3.66. The summed E-state index contributed by atoms with van der Waals surface area (Å²) in [7, 11) is -3.66. The summed E-state index contributed by atoms with van der Waals surface area (Å²) >= 11 is 0. The highest BCUT2D eigenvalue weighted by Crippen LogP contribution is 2.24. The Morgan fingerprint density at radius 1 is 1.04 bits per heavy atom. The molecule has 1 fully saturated rings. The number of hydrogen-bond acceptors (Lipinski definition) is 4. The molecule has 0 spiro atoms. The van der Waals surface area contributed by atoms with Crippen LogP contribution in [0, 0.1) is 6.92 Å². The Morgan fingerprint density at radius 2 is 1.75 bits per heavy atom. The van der Waals surface area contributed by atoms with Crippen LogP contribution in [0.25, 0.3) is 0 Å². The van der Waals surface area contributed by atoms with Crippen LogP contribution in [0.5, 0.6) is 0 Å². The molecule has 2 aromatic rings. The molecular weight excluding hydrogens is 326 g/mol. The minimum Gasteiger partial charge on any atom is -0.376 e. The molecule has 3 rings (SSSR count). The van der Waals surface area contributed by atoms with Crippen LogP contribution >= 0.6 is 0 Å². The third-order valence-corrected chi connectivity index (χ3v) is 5.44. The molecule has 1 aliphatic heterocycles. The van der Waals surface area contributed by atoms with E-state index in [1.807, 2.05) is 37.3 Å².